The van der Waals surface area contributed by atoms with Crippen molar-refractivity contribution >= 4 is 11.9 Å². The van der Waals surface area contributed by atoms with Gasteiger partial charge < -0.3 is 9.64 Å². The summed E-state index contributed by atoms with van der Waals surface area (Å²) in [5.41, 5.74) is -2.28. The lowest BCUT2D eigenvalue weighted by Crippen LogP contribution is -2.56. The fourth-order valence-electron chi connectivity index (χ4n) is 4.49. The van der Waals surface area contributed by atoms with Crippen molar-refractivity contribution in [3.8, 4) is 6.07 Å². The summed E-state index contributed by atoms with van der Waals surface area (Å²) in [5, 5.41) is 8.93. The van der Waals surface area contributed by atoms with E-state index in [4.69, 9.17) is 10.00 Å². The second-order valence-electron chi connectivity index (χ2n) is 9.03. The lowest BCUT2D eigenvalue weighted by molar-refractivity contribution is -0.138. The van der Waals surface area contributed by atoms with Crippen LogP contribution < -0.4 is 0 Å². The summed E-state index contributed by atoms with van der Waals surface area (Å²) in [6, 6.07) is 4.29. The average molecular weight is 422 g/mol. The highest BCUT2D eigenvalue weighted by Gasteiger charge is 2.45. The molecule has 0 radical (unpaired) electrons. The molecule has 1 aromatic rings. The van der Waals surface area contributed by atoms with E-state index >= 15 is 0 Å². The molecule has 0 saturated carbocycles. The Hall–Kier alpha value is -2.56. The maximum Gasteiger partial charge on any atom is 0.417 e. The number of carbonyl (C=O) groups excluding carboxylic acids is 2. The summed E-state index contributed by atoms with van der Waals surface area (Å²) in [5.74, 6) is -1.18. The molecule has 2 heterocycles. The highest BCUT2D eigenvalue weighted by Crippen LogP contribution is 2.41. The van der Waals surface area contributed by atoms with Crippen LogP contribution in [0.3, 0.4) is 0 Å². The van der Waals surface area contributed by atoms with Gasteiger partial charge in [-0.05, 0) is 71.1 Å². The fourth-order valence-corrected chi connectivity index (χ4v) is 4.49. The number of piperidine rings is 2. The monoisotopic (exact) mass is 422 g/mol. The molecular weight excluding hydrogens is 397 g/mol. The van der Waals surface area contributed by atoms with Crippen LogP contribution in [0.5, 0.6) is 0 Å². The number of hydrogen-bond acceptors (Lipinski definition) is 4. The predicted molar refractivity (Wildman–Crippen MR) is 103 cm³/mol. The number of carbonyl (C=O) groups is 2. The Bertz CT molecular complexity index is 869. The number of Topliss-reactive ketones (excluding diaryl/α,β-unsaturated/α-hetero) is 1. The van der Waals surface area contributed by atoms with E-state index in [9.17, 15) is 22.8 Å². The standard InChI is InChI=1S/C22H25F3N2O3/c1-21(2,3)30-20(29)27-15-5-4-6-16(27)11-14(10-15)19(28)17-8-7-13(12-26)9-18(17)22(23,24)25/h7-9,14-16H,4-6,10-11H2,1-3H3. The molecule has 0 aromatic heterocycles. The van der Waals surface area contributed by atoms with Crippen molar-refractivity contribution in [2.24, 2.45) is 5.92 Å². The normalized spacial score (nSPS) is 24.2. The molecule has 30 heavy (non-hydrogen) atoms. The first kappa shape index (κ1) is 22.1. The number of benzene rings is 1. The van der Waals surface area contributed by atoms with Crippen molar-refractivity contribution in [1.82, 2.24) is 4.90 Å². The van der Waals surface area contributed by atoms with E-state index in [1.807, 2.05) is 0 Å². The Morgan fingerprint density at radius 1 is 1.13 bits per heavy atom. The Kier molecular flexibility index (Phi) is 5.85. The summed E-state index contributed by atoms with van der Waals surface area (Å²) in [6.45, 7) is 5.33. The van der Waals surface area contributed by atoms with E-state index in [1.165, 1.54) is 6.07 Å². The van der Waals surface area contributed by atoms with Crippen LogP contribution in [0.4, 0.5) is 18.0 Å². The third-order valence-electron chi connectivity index (χ3n) is 5.67. The van der Waals surface area contributed by atoms with E-state index in [0.717, 1.165) is 18.6 Å². The first-order valence-corrected chi connectivity index (χ1v) is 10.1. The third-order valence-corrected chi connectivity index (χ3v) is 5.67. The van der Waals surface area contributed by atoms with Crippen molar-refractivity contribution in [2.75, 3.05) is 0 Å². The van der Waals surface area contributed by atoms with Crippen molar-refractivity contribution in [3.05, 3.63) is 34.9 Å². The summed E-state index contributed by atoms with van der Waals surface area (Å²) < 4.78 is 46.1. The zero-order valence-electron chi connectivity index (χ0n) is 17.3. The topological polar surface area (TPSA) is 70.4 Å². The Morgan fingerprint density at radius 2 is 1.73 bits per heavy atom. The van der Waals surface area contributed by atoms with Crippen LogP contribution in [0.25, 0.3) is 0 Å². The van der Waals surface area contributed by atoms with Gasteiger partial charge in [0.15, 0.2) is 5.78 Å². The highest BCUT2D eigenvalue weighted by molar-refractivity contribution is 5.99. The minimum absolute atomic E-state index is 0.143. The number of amides is 1. The second kappa shape index (κ2) is 7.93. The number of nitriles is 1. The number of rotatable bonds is 2. The van der Waals surface area contributed by atoms with Gasteiger partial charge in [0.05, 0.1) is 17.2 Å². The largest absolute Gasteiger partial charge is 0.444 e. The summed E-state index contributed by atoms with van der Waals surface area (Å²) in [6.07, 6.45) is -2.25. The maximum atomic E-state index is 13.5. The molecule has 2 atom stereocenters. The van der Waals surface area contributed by atoms with Gasteiger partial charge in [0.2, 0.25) is 0 Å². The molecular formula is C22H25F3N2O3. The van der Waals surface area contributed by atoms with Crippen molar-refractivity contribution < 1.29 is 27.5 Å². The van der Waals surface area contributed by atoms with Gasteiger partial charge in [-0.15, -0.1) is 0 Å². The number of nitrogens with zero attached hydrogens (tertiary/aromatic N) is 2. The average Bonchev–Trinajstić information content (AvgIpc) is 2.63. The second-order valence-corrected chi connectivity index (χ2v) is 9.03. The molecule has 0 spiro atoms. The number of fused-ring (bicyclic) bond motifs is 2. The predicted octanol–water partition coefficient (Wildman–Crippen LogP) is 5.33. The molecule has 8 heteroatoms. The lowest BCUT2D eigenvalue weighted by atomic mass is 9.75. The van der Waals surface area contributed by atoms with Crippen LogP contribution in [0.2, 0.25) is 0 Å². The van der Waals surface area contributed by atoms with Crippen LogP contribution >= 0.6 is 0 Å². The van der Waals surface area contributed by atoms with Crippen LogP contribution in [-0.4, -0.2) is 34.5 Å². The molecule has 5 nitrogen and oxygen atoms in total. The van der Waals surface area contributed by atoms with Crippen LogP contribution in [0, 0.1) is 17.2 Å². The molecule has 2 fully saturated rings. The Morgan fingerprint density at radius 3 is 2.23 bits per heavy atom. The van der Waals surface area contributed by atoms with Crippen LogP contribution in [0.1, 0.15) is 74.4 Å². The van der Waals surface area contributed by atoms with Crippen molar-refractivity contribution in [1.29, 1.82) is 5.26 Å². The molecule has 2 aliphatic rings. The zero-order chi connectivity index (χ0) is 22.3. The SMILES string of the molecule is CC(C)(C)OC(=O)N1C2CCCC1CC(C(=O)c1ccc(C#N)cc1C(F)(F)F)C2. The third kappa shape index (κ3) is 4.61. The van der Waals surface area contributed by atoms with E-state index in [0.29, 0.717) is 25.7 Å². The number of ether oxygens (including phenoxy) is 1. The molecule has 2 saturated heterocycles. The molecule has 1 aromatic carbocycles. The van der Waals surface area contributed by atoms with Gasteiger partial charge in [0.25, 0.3) is 0 Å². The van der Waals surface area contributed by atoms with Gasteiger partial charge in [-0.2, -0.15) is 18.4 Å². The minimum Gasteiger partial charge on any atom is -0.444 e. The summed E-state index contributed by atoms with van der Waals surface area (Å²) in [4.78, 5) is 27.4. The number of hydrogen-bond donors (Lipinski definition) is 0. The molecule has 0 aliphatic carbocycles. The molecule has 3 rings (SSSR count). The number of halogens is 3. The van der Waals surface area contributed by atoms with Crippen LogP contribution in [-0.2, 0) is 10.9 Å². The lowest BCUT2D eigenvalue weighted by Gasteiger charge is -2.48. The van der Waals surface area contributed by atoms with Gasteiger partial charge in [0.1, 0.15) is 5.60 Å². The summed E-state index contributed by atoms with van der Waals surface area (Å²) >= 11 is 0. The molecule has 2 aliphatic heterocycles. The van der Waals surface area contributed by atoms with E-state index in [-0.39, 0.29) is 17.6 Å². The highest BCUT2D eigenvalue weighted by atomic mass is 19.4. The van der Waals surface area contributed by atoms with Crippen molar-refractivity contribution in [3.63, 3.8) is 0 Å². The quantitative estimate of drug-likeness (QED) is 0.604. The maximum absolute atomic E-state index is 13.5. The van der Waals surface area contributed by atoms with E-state index < -0.39 is 40.7 Å². The molecule has 2 unspecified atom stereocenters. The van der Waals surface area contributed by atoms with E-state index in [1.54, 1.807) is 31.7 Å². The van der Waals surface area contributed by atoms with Gasteiger partial charge in [-0.1, -0.05) is 0 Å². The fraction of sp³-hybridized carbons (Fsp3) is 0.591. The smallest absolute Gasteiger partial charge is 0.417 e. The molecule has 0 N–H and O–H groups in total. The zero-order valence-corrected chi connectivity index (χ0v) is 17.3. The van der Waals surface area contributed by atoms with E-state index in [2.05, 4.69) is 0 Å². The van der Waals surface area contributed by atoms with Gasteiger partial charge >= 0.3 is 12.3 Å². The Balaban J connectivity index is 1.85. The first-order chi connectivity index (χ1) is 13.9. The first-order valence-electron chi connectivity index (χ1n) is 10.1. The van der Waals surface area contributed by atoms with Gasteiger partial charge in [0, 0.05) is 23.6 Å². The Labute approximate surface area is 173 Å². The molecule has 2 bridgehead atoms. The van der Waals surface area contributed by atoms with Gasteiger partial charge in [-0.3, -0.25) is 4.79 Å². The minimum atomic E-state index is -4.73. The van der Waals surface area contributed by atoms with Crippen molar-refractivity contribution in [2.45, 2.75) is 76.7 Å². The van der Waals surface area contributed by atoms with Crippen LogP contribution in [0.15, 0.2) is 18.2 Å². The molecule has 162 valence electrons. The number of alkyl halides is 3. The number of ketones is 1. The summed E-state index contributed by atoms with van der Waals surface area (Å²) in [7, 11) is 0. The van der Waals surface area contributed by atoms with Gasteiger partial charge in [-0.25, -0.2) is 4.79 Å². The molecule has 1 amide bonds.